The highest BCUT2D eigenvalue weighted by Crippen LogP contribution is 2.06. The Balaban J connectivity index is 4.43. The van der Waals surface area contributed by atoms with Crippen molar-refractivity contribution in [2.75, 3.05) is 0 Å². The third kappa shape index (κ3) is 5.65. The largest absolute Gasteiger partial charge is 0.378 e. The normalized spacial score (nSPS) is 17.9. The molecule has 0 saturated carbocycles. The van der Waals surface area contributed by atoms with E-state index in [1.54, 1.807) is 13.8 Å². The van der Waals surface area contributed by atoms with Gasteiger partial charge in [-0.3, -0.25) is 0 Å². The molecule has 0 aromatic carbocycles. The number of rotatable bonds is 2. The molecule has 0 aliphatic heterocycles. The second-order valence-corrected chi connectivity index (χ2v) is 3.75. The minimum Gasteiger partial charge on any atom is -0.378 e. The Labute approximate surface area is 86.3 Å². The van der Waals surface area contributed by atoms with Gasteiger partial charge in [0.1, 0.15) is 11.2 Å². The summed E-state index contributed by atoms with van der Waals surface area (Å²) in [6.07, 6.45) is 1.12. The van der Waals surface area contributed by atoms with Gasteiger partial charge in [0.2, 0.25) is 0 Å². The molecule has 0 saturated heterocycles. The summed E-state index contributed by atoms with van der Waals surface area (Å²) in [5.41, 5.74) is -1.96. The highest BCUT2D eigenvalue weighted by molar-refractivity contribution is 5.31. The second kappa shape index (κ2) is 5.05. The summed E-state index contributed by atoms with van der Waals surface area (Å²) in [7, 11) is 0. The maximum absolute atomic E-state index is 9.51. The fourth-order valence-electron chi connectivity index (χ4n) is 0.509. The fourth-order valence-corrected chi connectivity index (χ4v) is 0.509. The Morgan fingerprint density at radius 2 is 1.14 bits per heavy atom. The summed E-state index contributed by atoms with van der Waals surface area (Å²) in [5, 5.41) is 19.0. The molecule has 0 rings (SSSR count). The van der Waals surface area contributed by atoms with Gasteiger partial charge in [0, 0.05) is 0 Å². The Kier molecular flexibility index (Phi) is 4.71. The molecular formula is C12H18O2. The van der Waals surface area contributed by atoms with Crippen LogP contribution >= 0.6 is 0 Å². The summed E-state index contributed by atoms with van der Waals surface area (Å²) in [4.78, 5) is 0. The molecule has 0 unspecified atom stereocenters. The first kappa shape index (κ1) is 13.0. The standard InChI is InChI=1S/C12H18O2/c1-5-11(3,13)9-7-8-10-12(4,14)6-2/h13-14H,5-6H2,1-4H3/t11-,12+. The Bertz CT molecular complexity index is 260. The van der Waals surface area contributed by atoms with Crippen molar-refractivity contribution in [3.63, 3.8) is 0 Å². The van der Waals surface area contributed by atoms with Crippen LogP contribution in [0.25, 0.3) is 0 Å². The van der Waals surface area contributed by atoms with Crippen LogP contribution in [0, 0.1) is 23.7 Å². The zero-order valence-corrected chi connectivity index (χ0v) is 9.31. The predicted molar refractivity (Wildman–Crippen MR) is 57.4 cm³/mol. The van der Waals surface area contributed by atoms with E-state index in [1.165, 1.54) is 0 Å². The van der Waals surface area contributed by atoms with Gasteiger partial charge in [-0.25, -0.2) is 0 Å². The third-order valence-electron chi connectivity index (χ3n) is 2.10. The SMILES string of the molecule is CC[C@@](C)(O)C#CC#C[C@@](C)(O)CC. The van der Waals surface area contributed by atoms with Crippen LogP contribution in [0.15, 0.2) is 0 Å². The van der Waals surface area contributed by atoms with Gasteiger partial charge in [-0.05, 0) is 38.5 Å². The second-order valence-electron chi connectivity index (χ2n) is 3.75. The van der Waals surface area contributed by atoms with Crippen molar-refractivity contribution in [2.24, 2.45) is 0 Å². The zero-order chi connectivity index (χ0) is 11.2. The van der Waals surface area contributed by atoms with Gasteiger partial charge in [-0.1, -0.05) is 25.7 Å². The molecule has 78 valence electrons. The molecule has 2 N–H and O–H groups in total. The molecule has 0 fully saturated rings. The van der Waals surface area contributed by atoms with E-state index in [2.05, 4.69) is 23.7 Å². The minimum atomic E-state index is -0.979. The van der Waals surface area contributed by atoms with Crippen LogP contribution in [-0.2, 0) is 0 Å². The molecule has 2 nitrogen and oxygen atoms in total. The average Bonchev–Trinajstić information content (AvgIpc) is 2.13. The maximum atomic E-state index is 9.51. The van der Waals surface area contributed by atoms with Crippen LogP contribution in [0.5, 0.6) is 0 Å². The first-order valence-electron chi connectivity index (χ1n) is 4.82. The van der Waals surface area contributed by atoms with Gasteiger partial charge < -0.3 is 10.2 Å². The molecule has 0 aromatic heterocycles. The van der Waals surface area contributed by atoms with Crippen molar-refractivity contribution in [1.82, 2.24) is 0 Å². The van der Waals surface area contributed by atoms with Gasteiger partial charge in [0.25, 0.3) is 0 Å². The fraction of sp³-hybridized carbons (Fsp3) is 0.667. The number of hydrogen-bond acceptors (Lipinski definition) is 2. The smallest absolute Gasteiger partial charge is 0.123 e. The van der Waals surface area contributed by atoms with Crippen molar-refractivity contribution in [3.05, 3.63) is 0 Å². The lowest BCUT2D eigenvalue weighted by Gasteiger charge is -2.12. The van der Waals surface area contributed by atoms with Gasteiger partial charge in [0.05, 0.1) is 0 Å². The van der Waals surface area contributed by atoms with E-state index in [9.17, 15) is 10.2 Å². The van der Waals surface area contributed by atoms with Gasteiger partial charge in [-0.15, -0.1) is 0 Å². The van der Waals surface area contributed by atoms with Crippen molar-refractivity contribution in [1.29, 1.82) is 0 Å². The lowest BCUT2D eigenvalue weighted by molar-refractivity contribution is 0.117. The van der Waals surface area contributed by atoms with Crippen LogP contribution < -0.4 is 0 Å². The predicted octanol–water partition coefficient (Wildman–Crippen LogP) is 1.32. The van der Waals surface area contributed by atoms with Crippen molar-refractivity contribution < 1.29 is 10.2 Å². The highest BCUT2D eigenvalue weighted by Gasteiger charge is 2.13. The van der Waals surface area contributed by atoms with E-state index in [4.69, 9.17) is 0 Å². The first-order valence-corrected chi connectivity index (χ1v) is 4.82. The lowest BCUT2D eigenvalue weighted by Crippen LogP contribution is -2.20. The molecular weight excluding hydrogens is 176 g/mol. The molecule has 0 aromatic rings. The van der Waals surface area contributed by atoms with Crippen LogP contribution in [0.3, 0.4) is 0 Å². The van der Waals surface area contributed by atoms with Crippen LogP contribution in [0.4, 0.5) is 0 Å². The molecule has 0 heterocycles. The topological polar surface area (TPSA) is 40.5 Å². The van der Waals surface area contributed by atoms with Crippen LogP contribution in [-0.4, -0.2) is 21.4 Å². The van der Waals surface area contributed by atoms with Gasteiger partial charge in [0.15, 0.2) is 0 Å². The summed E-state index contributed by atoms with van der Waals surface area (Å²) in [6.45, 7) is 6.98. The third-order valence-corrected chi connectivity index (χ3v) is 2.10. The van der Waals surface area contributed by atoms with Crippen molar-refractivity contribution in [2.45, 2.75) is 51.7 Å². The van der Waals surface area contributed by atoms with Crippen LogP contribution in [0.1, 0.15) is 40.5 Å². The maximum Gasteiger partial charge on any atom is 0.123 e. The molecule has 0 radical (unpaired) electrons. The molecule has 0 aliphatic carbocycles. The minimum absolute atomic E-state index is 0.561. The lowest BCUT2D eigenvalue weighted by atomic mass is 10.0. The highest BCUT2D eigenvalue weighted by atomic mass is 16.3. The van der Waals surface area contributed by atoms with E-state index in [-0.39, 0.29) is 0 Å². The molecule has 0 bridgehead atoms. The van der Waals surface area contributed by atoms with Gasteiger partial charge >= 0.3 is 0 Å². The average molecular weight is 194 g/mol. The van der Waals surface area contributed by atoms with E-state index in [0.717, 1.165) is 0 Å². The molecule has 2 heteroatoms. The van der Waals surface area contributed by atoms with E-state index in [1.807, 2.05) is 13.8 Å². The molecule has 14 heavy (non-hydrogen) atoms. The Morgan fingerprint density at radius 1 is 0.857 bits per heavy atom. The van der Waals surface area contributed by atoms with Crippen LogP contribution in [0.2, 0.25) is 0 Å². The quantitative estimate of drug-likeness (QED) is 0.651. The van der Waals surface area contributed by atoms with E-state index in [0.29, 0.717) is 12.8 Å². The van der Waals surface area contributed by atoms with Crippen molar-refractivity contribution >= 4 is 0 Å². The summed E-state index contributed by atoms with van der Waals surface area (Å²) in [5.74, 6) is 10.3. The summed E-state index contributed by atoms with van der Waals surface area (Å²) >= 11 is 0. The summed E-state index contributed by atoms with van der Waals surface area (Å²) in [6, 6.07) is 0. The zero-order valence-electron chi connectivity index (χ0n) is 9.31. The van der Waals surface area contributed by atoms with E-state index >= 15 is 0 Å². The Morgan fingerprint density at radius 3 is 1.36 bits per heavy atom. The Hall–Kier alpha value is -0.960. The summed E-state index contributed by atoms with van der Waals surface area (Å²) < 4.78 is 0. The molecule has 0 amide bonds. The van der Waals surface area contributed by atoms with Crippen molar-refractivity contribution in [3.8, 4) is 23.7 Å². The number of aliphatic hydroxyl groups is 2. The molecule has 0 spiro atoms. The molecule has 0 aliphatic rings. The van der Waals surface area contributed by atoms with E-state index < -0.39 is 11.2 Å². The first-order chi connectivity index (χ1) is 6.33. The van der Waals surface area contributed by atoms with Gasteiger partial charge in [-0.2, -0.15) is 0 Å². The molecule has 2 atom stereocenters. The monoisotopic (exact) mass is 194 g/mol. The number of hydrogen-bond donors (Lipinski definition) is 2.